The minimum absolute atomic E-state index is 0.00668. The monoisotopic (exact) mass is 234 g/mol. The SMILES string of the molecule is N#CCCCCOc1cccc(N)c1C(=O)O. The predicted octanol–water partition coefficient (Wildman–Crippen LogP) is 2.04. The summed E-state index contributed by atoms with van der Waals surface area (Å²) in [4.78, 5) is 11.0. The van der Waals surface area contributed by atoms with Crippen LogP contribution in [0.15, 0.2) is 18.2 Å². The molecule has 0 radical (unpaired) electrons. The molecule has 0 aliphatic rings. The van der Waals surface area contributed by atoms with Crippen molar-refractivity contribution in [1.29, 1.82) is 5.26 Å². The van der Waals surface area contributed by atoms with Crippen LogP contribution in [0.1, 0.15) is 29.6 Å². The van der Waals surface area contributed by atoms with Crippen LogP contribution in [0.4, 0.5) is 5.69 Å². The molecular weight excluding hydrogens is 220 g/mol. The van der Waals surface area contributed by atoms with Gasteiger partial charge < -0.3 is 15.6 Å². The first-order valence-electron chi connectivity index (χ1n) is 5.28. The van der Waals surface area contributed by atoms with Gasteiger partial charge in [0.1, 0.15) is 11.3 Å². The number of nitriles is 1. The lowest BCUT2D eigenvalue weighted by atomic mass is 10.1. The Balaban J connectivity index is 2.62. The van der Waals surface area contributed by atoms with Gasteiger partial charge in [-0.2, -0.15) is 5.26 Å². The molecule has 17 heavy (non-hydrogen) atoms. The van der Waals surface area contributed by atoms with Crippen molar-refractivity contribution in [3.8, 4) is 11.8 Å². The molecule has 0 bridgehead atoms. The van der Waals surface area contributed by atoms with Crippen LogP contribution in [0.2, 0.25) is 0 Å². The number of nitrogens with zero attached hydrogens (tertiary/aromatic N) is 1. The van der Waals surface area contributed by atoms with Gasteiger partial charge in [0.15, 0.2) is 0 Å². The molecule has 0 aromatic heterocycles. The second kappa shape index (κ2) is 6.38. The van der Waals surface area contributed by atoms with E-state index in [0.717, 1.165) is 6.42 Å². The average molecular weight is 234 g/mol. The number of hydrogen-bond acceptors (Lipinski definition) is 4. The zero-order valence-corrected chi connectivity index (χ0v) is 9.35. The Morgan fingerprint density at radius 2 is 2.24 bits per heavy atom. The summed E-state index contributed by atoms with van der Waals surface area (Å²) in [5.41, 5.74) is 5.75. The van der Waals surface area contributed by atoms with Crippen molar-refractivity contribution in [2.45, 2.75) is 19.3 Å². The molecule has 0 aliphatic carbocycles. The van der Waals surface area contributed by atoms with Crippen molar-refractivity contribution in [1.82, 2.24) is 0 Å². The minimum Gasteiger partial charge on any atom is -0.493 e. The number of unbranched alkanes of at least 4 members (excludes halogenated alkanes) is 2. The van der Waals surface area contributed by atoms with Gasteiger partial charge in [-0.3, -0.25) is 0 Å². The highest BCUT2D eigenvalue weighted by atomic mass is 16.5. The van der Waals surface area contributed by atoms with E-state index in [9.17, 15) is 4.79 Å². The molecular formula is C12H14N2O3. The van der Waals surface area contributed by atoms with Crippen LogP contribution in [0.25, 0.3) is 0 Å². The summed E-state index contributed by atoms with van der Waals surface area (Å²) < 4.78 is 5.36. The summed E-state index contributed by atoms with van der Waals surface area (Å²) in [6.07, 6.45) is 1.93. The molecule has 0 atom stereocenters. The topological polar surface area (TPSA) is 96.3 Å². The van der Waals surface area contributed by atoms with Gasteiger partial charge in [0.2, 0.25) is 0 Å². The fourth-order valence-corrected chi connectivity index (χ4v) is 1.39. The number of carbonyl (C=O) groups is 1. The molecule has 0 amide bonds. The van der Waals surface area contributed by atoms with Crippen LogP contribution in [-0.2, 0) is 0 Å². The summed E-state index contributed by atoms with van der Waals surface area (Å²) in [5.74, 6) is -0.829. The molecule has 0 unspecified atom stereocenters. The Hall–Kier alpha value is -2.22. The maximum Gasteiger partial charge on any atom is 0.341 e. The van der Waals surface area contributed by atoms with Gasteiger partial charge in [-0.1, -0.05) is 6.07 Å². The van der Waals surface area contributed by atoms with Crippen molar-refractivity contribution in [3.05, 3.63) is 23.8 Å². The van der Waals surface area contributed by atoms with Crippen LogP contribution in [-0.4, -0.2) is 17.7 Å². The second-order valence-electron chi connectivity index (χ2n) is 3.49. The molecule has 0 aliphatic heterocycles. The van der Waals surface area contributed by atoms with E-state index in [2.05, 4.69) is 0 Å². The summed E-state index contributed by atoms with van der Waals surface area (Å²) in [7, 11) is 0. The van der Waals surface area contributed by atoms with Gasteiger partial charge in [-0.05, 0) is 25.0 Å². The third-order valence-corrected chi connectivity index (χ3v) is 2.21. The van der Waals surface area contributed by atoms with Crippen molar-refractivity contribution in [2.75, 3.05) is 12.3 Å². The smallest absolute Gasteiger partial charge is 0.341 e. The van der Waals surface area contributed by atoms with E-state index < -0.39 is 5.97 Å². The molecule has 3 N–H and O–H groups in total. The van der Waals surface area contributed by atoms with Crippen LogP contribution >= 0.6 is 0 Å². The first-order chi connectivity index (χ1) is 8.16. The lowest BCUT2D eigenvalue weighted by Gasteiger charge is -2.10. The number of nitrogens with two attached hydrogens (primary N) is 1. The highest BCUT2D eigenvalue weighted by Gasteiger charge is 2.14. The predicted molar refractivity (Wildman–Crippen MR) is 62.8 cm³/mol. The standard InChI is InChI=1S/C12H14N2O3/c13-7-2-1-3-8-17-10-6-4-5-9(14)11(10)12(15)16/h4-6H,1-3,8,14H2,(H,15,16). The van der Waals surface area contributed by atoms with Gasteiger partial charge in [0.05, 0.1) is 12.7 Å². The minimum atomic E-state index is -1.10. The van der Waals surface area contributed by atoms with Crippen molar-refractivity contribution in [2.24, 2.45) is 0 Å². The Labute approximate surface area is 99.4 Å². The Morgan fingerprint density at radius 3 is 2.88 bits per heavy atom. The van der Waals surface area contributed by atoms with E-state index in [1.807, 2.05) is 6.07 Å². The van der Waals surface area contributed by atoms with E-state index in [1.165, 1.54) is 6.07 Å². The zero-order valence-electron chi connectivity index (χ0n) is 9.35. The fraction of sp³-hybridized carbons (Fsp3) is 0.333. The van der Waals surface area contributed by atoms with E-state index in [4.69, 9.17) is 20.8 Å². The first kappa shape index (κ1) is 12.8. The lowest BCUT2D eigenvalue weighted by molar-refractivity contribution is 0.0693. The van der Waals surface area contributed by atoms with Crippen LogP contribution < -0.4 is 10.5 Å². The average Bonchev–Trinajstić information content (AvgIpc) is 2.28. The number of carboxylic acids is 1. The van der Waals surface area contributed by atoms with Crippen molar-refractivity contribution < 1.29 is 14.6 Å². The Bertz CT molecular complexity index is 438. The van der Waals surface area contributed by atoms with Crippen LogP contribution in [0.5, 0.6) is 5.75 Å². The molecule has 0 heterocycles. The normalized spacial score (nSPS) is 9.59. The molecule has 0 saturated carbocycles. The Morgan fingerprint density at radius 1 is 1.47 bits per heavy atom. The first-order valence-corrected chi connectivity index (χ1v) is 5.28. The van der Waals surface area contributed by atoms with Crippen molar-refractivity contribution >= 4 is 11.7 Å². The molecule has 0 spiro atoms. The summed E-state index contributed by atoms with van der Waals surface area (Å²) in [6.45, 7) is 0.380. The molecule has 5 nitrogen and oxygen atoms in total. The number of rotatable bonds is 6. The van der Waals surface area contributed by atoms with E-state index in [1.54, 1.807) is 12.1 Å². The van der Waals surface area contributed by atoms with Gasteiger partial charge >= 0.3 is 5.97 Å². The largest absolute Gasteiger partial charge is 0.493 e. The van der Waals surface area contributed by atoms with Crippen molar-refractivity contribution in [3.63, 3.8) is 0 Å². The zero-order chi connectivity index (χ0) is 12.7. The number of nitrogen functional groups attached to an aromatic ring is 1. The third kappa shape index (κ3) is 3.68. The summed E-state index contributed by atoms with van der Waals surface area (Å²) in [6, 6.07) is 6.77. The molecule has 1 aromatic rings. The number of carboxylic acid groups (broad SMARTS) is 1. The molecule has 0 fully saturated rings. The lowest BCUT2D eigenvalue weighted by Crippen LogP contribution is -2.07. The number of aromatic carboxylic acids is 1. The number of anilines is 1. The maximum absolute atomic E-state index is 11.0. The van der Waals surface area contributed by atoms with Gasteiger partial charge in [-0.15, -0.1) is 0 Å². The number of ether oxygens (including phenoxy) is 1. The molecule has 1 aromatic carbocycles. The number of hydrogen-bond donors (Lipinski definition) is 2. The maximum atomic E-state index is 11.0. The van der Waals surface area contributed by atoms with E-state index in [-0.39, 0.29) is 17.0 Å². The Kier molecular flexibility index (Phi) is 4.82. The van der Waals surface area contributed by atoms with Crippen LogP contribution in [0, 0.1) is 11.3 Å². The second-order valence-corrected chi connectivity index (χ2v) is 3.49. The molecule has 0 saturated heterocycles. The quantitative estimate of drug-likeness (QED) is 0.580. The van der Waals surface area contributed by atoms with Crippen LogP contribution in [0.3, 0.4) is 0 Å². The van der Waals surface area contributed by atoms with Gasteiger partial charge in [0, 0.05) is 12.1 Å². The molecule has 1 rings (SSSR count). The highest BCUT2D eigenvalue weighted by molar-refractivity contribution is 5.96. The van der Waals surface area contributed by atoms with Gasteiger partial charge in [0.25, 0.3) is 0 Å². The van der Waals surface area contributed by atoms with Gasteiger partial charge in [-0.25, -0.2) is 4.79 Å². The summed E-state index contributed by atoms with van der Waals surface area (Å²) >= 11 is 0. The third-order valence-electron chi connectivity index (χ3n) is 2.21. The molecule has 5 heteroatoms. The number of benzene rings is 1. The van der Waals surface area contributed by atoms with E-state index >= 15 is 0 Å². The molecule has 90 valence electrons. The van der Waals surface area contributed by atoms with E-state index in [0.29, 0.717) is 19.4 Å². The summed E-state index contributed by atoms with van der Waals surface area (Å²) in [5, 5.41) is 17.3. The highest BCUT2D eigenvalue weighted by Crippen LogP contribution is 2.24. The fourth-order valence-electron chi connectivity index (χ4n) is 1.39.